The van der Waals surface area contributed by atoms with Crippen molar-refractivity contribution >= 4 is 5.78 Å². The average Bonchev–Trinajstić information content (AvgIpc) is 2.67. The molecule has 1 atom stereocenters. The van der Waals surface area contributed by atoms with E-state index in [1.807, 2.05) is 30.6 Å². The highest BCUT2D eigenvalue weighted by Gasteiger charge is 2.25. The maximum absolute atomic E-state index is 12.6. The lowest BCUT2D eigenvalue weighted by molar-refractivity contribution is -0.124. The van der Waals surface area contributed by atoms with Gasteiger partial charge in [0, 0.05) is 49.3 Å². The van der Waals surface area contributed by atoms with Crippen LogP contribution in [0.1, 0.15) is 56.0 Å². The number of aryl methyl sites for hydroxylation is 1. The lowest BCUT2D eigenvalue weighted by atomic mass is 9.90. The zero-order valence-corrected chi connectivity index (χ0v) is 15.9. The molecule has 1 aliphatic heterocycles. The summed E-state index contributed by atoms with van der Waals surface area (Å²) in [4.78, 5) is 23.9. The molecule has 1 unspecified atom stereocenters. The van der Waals surface area contributed by atoms with Gasteiger partial charge in [-0.3, -0.25) is 9.69 Å². The number of piperidine rings is 1. The van der Waals surface area contributed by atoms with Gasteiger partial charge in [-0.15, -0.1) is 0 Å². The van der Waals surface area contributed by atoms with Crippen LogP contribution in [0.3, 0.4) is 0 Å². The Kier molecular flexibility index (Phi) is 6.51. The van der Waals surface area contributed by atoms with Crippen molar-refractivity contribution in [1.29, 1.82) is 0 Å². The minimum atomic E-state index is 0.170. The van der Waals surface area contributed by atoms with Crippen molar-refractivity contribution < 1.29 is 4.79 Å². The van der Waals surface area contributed by atoms with Crippen molar-refractivity contribution in [2.75, 3.05) is 13.1 Å². The first-order valence-corrected chi connectivity index (χ1v) is 9.71. The molecular weight excluding hydrogens is 322 g/mol. The number of hydrogen-bond donors (Lipinski definition) is 0. The number of ketones is 1. The third kappa shape index (κ3) is 5.21. The van der Waals surface area contributed by atoms with Gasteiger partial charge in [0.2, 0.25) is 0 Å². The van der Waals surface area contributed by atoms with Crippen molar-refractivity contribution in [2.24, 2.45) is 5.92 Å². The quantitative estimate of drug-likeness (QED) is 0.756. The Hall–Kier alpha value is -2.07. The summed E-state index contributed by atoms with van der Waals surface area (Å²) in [6, 6.07) is 10.3. The smallest absolute Gasteiger partial charge is 0.137 e. The van der Waals surface area contributed by atoms with E-state index in [0.29, 0.717) is 18.1 Å². The molecule has 1 aromatic heterocycles. The fraction of sp³-hybridized carbons (Fsp3) is 0.500. The van der Waals surface area contributed by atoms with Crippen LogP contribution < -0.4 is 0 Å². The summed E-state index contributed by atoms with van der Waals surface area (Å²) in [6.45, 7) is 6.95. The second kappa shape index (κ2) is 9.04. The molecule has 0 amide bonds. The van der Waals surface area contributed by atoms with Crippen molar-refractivity contribution in [3.8, 4) is 0 Å². The van der Waals surface area contributed by atoms with Gasteiger partial charge >= 0.3 is 0 Å². The van der Waals surface area contributed by atoms with Crippen LogP contribution >= 0.6 is 0 Å². The number of carbonyl (C=O) groups excluding carboxylic acids is 1. The summed E-state index contributed by atoms with van der Waals surface area (Å²) in [7, 11) is 0. The Bertz CT molecular complexity index is 697. The van der Waals surface area contributed by atoms with E-state index < -0.39 is 0 Å². The van der Waals surface area contributed by atoms with E-state index in [-0.39, 0.29) is 5.92 Å². The van der Waals surface area contributed by atoms with Crippen LogP contribution in [0.5, 0.6) is 0 Å². The number of carbonyl (C=O) groups is 1. The summed E-state index contributed by atoms with van der Waals surface area (Å²) in [5.74, 6) is 1.82. The molecule has 26 heavy (non-hydrogen) atoms. The second-order valence-electron chi connectivity index (χ2n) is 7.63. The molecule has 2 aromatic rings. The first kappa shape index (κ1) is 18.7. The Labute approximate surface area is 156 Å². The van der Waals surface area contributed by atoms with E-state index in [4.69, 9.17) is 0 Å². The fourth-order valence-electron chi connectivity index (χ4n) is 3.58. The van der Waals surface area contributed by atoms with Crippen LogP contribution in [0.25, 0.3) is 0 Å². The van der Waals surface area contributed by atoms with Gasteiger partial charge in [-0.2, -0.15) is 0 Å². The molecule has 4 nitrogen and oxygen atoms in total. The van der Waals surface area contributed by atoms with Gasteiger partial charge in [0.1, 0.15) is 11.6 Å². The molecule has 0 spiro atoms. The first-order valence-electron chi connectivity index (χ1n) is 9.71. The summed E-state index contributed by atoms with van der Waals surface area (Å²) in [6.07, 6.45) is 7.47. The van der Waals surface area contributed by atoms with Gasteiger partial charge in [0.15, 0.2) is 0 Å². The molecule has 3 rings (SSSR count). The van der Waals surface area contributed by atoms with Gasteiger partial charge in [-0.05, 0) is 31.4 Å². The summed E-state index contributed by atoms with van der Waals surface area (Å²) >= 11 is 0. The maximum atomic E-state index is 12.6. The highest BCUT2D eigenvalue weighted by atomic mass is 16.1. The molecule has 0 radical (unpaired) electrons. The van der Waals surface area contributed by atoms with E-state index in [0.717, 1.165) is 50.3 Å². The zero-order chi connectivity index (χ0) is 18.4. The number of likely N-dealkylation sites (tertiary alicyclic amines) is 1. The average molecular weight is 351 g/mol. The van der Waals surface area contributed by atoms with Crippen LogP contribution in [0, 0.1) is 5.92 Å². The molecule has 0 saturated carbocycles. The molecule has 138 valence electrons. The number of benzene rings is 1. The molecule has 1 aliphatic rings. The van der Waals surface area contributed by atoms with Crippen LogP contribution in [-0.2, 0) is 17.8 Å². The van der Waals surface area contributed by atoms with Crippen molar-refractivity contribution in [2.45, 2.75) is 52.0 Å². The van der Waals surface area contributed by atoms with Crippen LogP contribution in [0.2, 0.25) is 0 Å². The fourth-order valence-corrected chi connectivity index (χ4v) is 3.58. The number of aromatic nitrogens is 2. The zero-order valence-electron chi connectivity index (χ0n) is 15.9. The minimum Gasteiger partial charge on any atom is -0.299 e. The first-order chi connectivity index (χ1) is 12.6. The molecule has 0 bridgehead atoms. The lowest BCUT2D eigenvalue weighted by Gasteiger charge is -2.32. The van der Waals surface area contributed by atoms with Gasteiger partial charge in [0.05, 0.1) is 0 Å². The number of Topliss-reactive ketones (excluding diaryl/α,β-unsaturated/α-hetero) is 1. The third-order valence-corrected chi connectivity index (χ3v) is 5.11. The molecule has 0 N–H and O–H groups in total. The number of nitrogens with zero attached hydrogens (tertiary/aromatic N) is 3. The Morgan fingerprint density at radius 3 is 2.58 bits per heavy atom. The van der Waals surface area contributed by atoms with Gasteiger partial charge in [-0.25, -0.2) is 9.97 Å². The molecular formula is C22H29N3O. The maximum Gasteiger partial charge on any atom is 0.137 e. The monoisotopic (exact) mass is 351 g/mol. The van der Waals surface area contributed by atoms with Crippen LogP contribution in [-0.4, -0.2) is 33.7 Å². The number of hydrogen-bond acceptors (Lipinski definition) is 4. The standard InChI is InChI=1S/C22H29N3O/c1-17(2)22-23-13-19(14-24-22)15-25-12-6-9-20(16-25)21(26)11-10-18-7-4-3-5-8-18/h3-5,7-8,13-14,17,20H,6,9-12,15-16H2,1-2H3. The van der Waals surface area contributed by atoms with Crippen LogP contribution in [0.15, 0.2) is 42.7 Å². The summed E-state index contributed by atoms with van der Waals surface area (Å²) in [5.41, 5.74) is 2.38. The third-order valence-electron chi connectivity index (χ3n) is 5.11. The second-order valence-corrected chi connectivity index (χ2v) is 7.63. The molecule has 0 aliphatic carbocycles. The van der Waals surface area contributed by atoms with Crippen molar-refractivity contribution in [3.05, 3.63) is 59.7 Å². The van der Waals surface area contributed by atoms with Gasteiger partial charge in [-0.1, -0.05) is 44.2 Å². The summed E-state index contributed by atoms with van der Waals surface area (Å²) in [5, 5.41) is 0. The van der Waals surface area contributed by atoms with Crippen molar-refractivity contribution in [3.63, 3.8) is 0 Å². The van der Waals surface area contributed by atoms with E-state index in [2.05, 4.69) is 40.8 Å². The van der Waals surface area contributed by atoms with E-state index in [1.54, 1.807) is 0 Å². The Morgan fingerprint density at radius 2 is 1.88 bits per heavy atom. The predicted octanol–water partition coefficient (Wildman–Crippen LogP) is 4.01. The highest BCUT2D eigenvalue weighted by Crippen LogP contribution is 2.21. The normalized spacial score (nSPS) is 18.2. The predicted molar refractivity (Wildman–Crippen MR) is 104 cm³/mol. The Morgan fingerprint density at radius 1 is 1.15 bits per heavy atom. The van der Waals surface area contributed by atoms with E-state index >= 15 is 0 Å². The minimum absolute atomic E-state index is 0.170. The molecule has 2 heterocycles. The van der Waals surface area contributed by atoms with E-state index in [1.165, 1.54) is 5.56 Å². The van der Waals surface area contributed by atoms with Crippen LogP contribution in [0.4, 0.5) is 0 Å². The lowest BCUT2D eigenvalue weighted by Crippen LogP contribution is -2.38. The van der Waals surface area contributed by atoms with E-state index in [9.17, 15) is 4.79 Å². The molecule has 1 aromatic carbocycles. The van der Waals surface area contributed by atoms with Gasteiger partial charge in [0.25, 0.3) is 0 Å². The molecule has 1 saturated heterocycles. The topological polar surface area (TPSA) is 46.1 Å². The highest BCUT2D eigenvalue weighted by molar-refractivity contribution is 5.81. The van der Waals surface area contributed by atoms with Gasteiger partial charge < -0.3 is 0 Å². The van der Waals surface area contributed by atoms with Crippen molar-refractivity contribution in [1.82, 2.24) is 14.9 Å². The molecule has 1 fully saturated rings. The largest absolute Gasteiger partial charge is 0.299 e. The summed E-state index contributed by atoms with van der Waals surface area (Å²) < 4.78 is 0. The SMILES string of the molecule is CC(C)c1ncc(CN2CCCC(C(=O)CCc3ccccc3)C2)cn1. The molecule has 4 heteroatoms. The Balaban J connectivity index is 1.51. The number of rotatable bonds is 7.